The topological polar surface area (TPSA) is 52.0 Å². The van der Waals surface area contributed by atoms with Crippen molar-refractivity contribution >= 4 is 28.8 Å². The third-order valence-corrected chi connectivity index (χ3v) is 4.69. The molecule has 2 aromatic heterocycles. The van der Waals surface area contributed by atoms with Gasteiger partial charge in [0.25, 0.3) is 0 Å². The first-order valence-corrected chi connectivity index (χ1v) is 7.40. The first kappa shape index (κ1) is 13.2. The second-order valence-corrected chi connectivity index (χ2v) is 5.99. The van der Waals surface area contributed by atoms with Gasteiger partial charge in [-0.05, 0) is 42.0 Å². The summed E-state index contributed by atoms with van der Waals surface area (Å²) in [6, 6.07) is 8.02. The Bertz CT molecular complexity index is 776. The van der Waals surface area contributed by atoms with Crippen LogP contribution in [0, 0.1) is 13.8 Å². The number of benzene rings is 1. The molecule has 0 saturated heterocycles. The minimum atomic E-state index is 0.313. The zero-order valence-corrected chi connectivity index (χ0v) is 12.7. The number of nitrogen functional groups attached to an aromatic ring is 1. The average molecular weight is 305 g/mol. The van der Waals surface area contributed by atoms with E-state index in [0.29, 0.717) is 16.6 Å². The van der Waals surface area contributed by atoms with Gasteiger partial charge in [-0.1, -0.05) is 35.0 Å². The van der Waals surface area contributed by atoms with E-state index in [2.05, 4.69) is 31.1 Å². The van der Waals surface area contributed by atoms with E-state index < -0.39 is 0 Å². The van der Waals surface area contributed by atoms with E-state index in [1.807, 2.05) is 17.5 Å². The van der Waals surface area contributed by atoms with E-state index in [4.69, 9.17) is 21.9 Å². The summed E-state index contributed by atoms with van der Waals surface area (Å²) in [5.41, 5.74) is 10.9. The number of nitrogens with two attached hydrogens (primary N) is 1. The van der Waals surface area contributed by atoms with Crippen molar-refractivity contribution in [2.45, 2.75) is 13.8 Å². The Kier molecular flexibility index (Phi) is 3.28. The van der Waals surface area contributed by atoms with Crippen LogP contribution in [0.1, 0.15) is 11.1 Å². The molecule has 0 atom stereocenters. The lowest BCUT2D eigenvalue weighted by molar-refractivity contribution is 0.439. The third kappa shape index (κ3) is 2.11. The minimum absolute atomic E-state index is 0.313. The Balaban J connectivity index is 2.21. The maximum Gasteiger partial charge on any atom is 0.230 e. The smallest absolute Gasteiger partial charge is 0.230 e. The van der Waals surface area contributed by atoms with Gasteiger partial charge in [0.2, 0.25) is 5.88 Å². The van der Waals surface area contributed by atoms with Crippen LogP contribution in [0.2, 0.25) is 5.02 Å². The summed E-state index contributed by atoms with van der Waals surface area (Å²) < 4.78 is 5.17. The van der Waals surface area contributed by atoms with Crippen LogP contribution in [0.25, 0.3) is 21.7 Å². The molecule has 0 radical (unpaired) electrons. The van der Waals surface area contributed by atoms with E-state index in [1.54, 1.807) is 0 Å². The van der Waals surface area contributed by atoms with E-state index in [9.17, 15) is 0 Å². The molecular weight excluding hydrogens is 292 g/mol. The molecule has 0 spiro atoms. The summed E-state index contributed by atoms with van der Waals surface area (Å²) in [6.07, 6.45) is 0. The molecule has 0 amide bonds. The minimum Gasteiger partial charge on any atom is -0.367 e. The highest BCUT2D eigenvalue weighted by Crippen LogP contribution is 2.41. The van der Waals surface area contributed by atoms with Crippen LogP contribution in [0.5, 0.6) is 0 Å². The fourth-order valence-corrected chi connectivity index (χ4v) is 3.23. The predicted molar refractivity (Wildman–Crippen MR) is 84.1 cm³/mol. The molecule has 0 aliphatic carbocycles. The molecule has 2 N–H and O–H groups in total. The number of anilines is 1. The maximum atomic E-state index is 6.19. The first-order valence-electron chi connectivity index (χ1n) is 6.14. The van der Waals surface area contributed by atoms with Crippen molar-refractivity contribution in [2.75, 3.05) is 5.73 Å². The molecular formula is C15H13ClN2OS. The summed E-state index contributed by atoms with van der Waals surface area (Å²) in [7, 11) is 0. The fourth-order valence-electron chi connectivity index (χ4n) is 2.10. The number of hydrogen-bond acceptors (Lipinski definition) is 4. The monoisotopic (exact) mass is 304 g/mol. The zero-order chi connectivity index (χ0) is 14.3. The van der Waals surface area contributed by atoms with E-state index in [0.717, 1.165) is 16.0 Å². The first-order chi connectivity index (χ1) is 9.58. The van der Waals surface area contributed by atoms with Crippen LogP contribution in [0.15, 0.2) is 34.2 Å². The molecule has 3 aromatic rings. The van der Waals surface area contributed by atoms with Gasteiger partial charge in [-0.25, -0.2) is 0 Å². The molecule has 0 aliphatic rings. The largest absolute Gasteiger partial charge is 0.367 e. The highest BCUT2D eigenvalue weighted by atomic mass is 35.5. The van der Waals surface area contributed by atoms with E-state index >= 15 is 0 Å². The molecule has 5 heteroatoms. The van der Waals surface area contributed by atoms with Gasteiger partial charge >= 0.3 is 0 Å². The molecule has 0 unspecified atom stereocenters. The molecule has 0 fully saturated rings. The normalized spacial score (nSPS) is 10.9. The molecule has 0 saturated carbocycles. The molecule has 102 valence electrons. The SMILES string of the molecule is Cc1ccc(-c2c(-c3sccc3Cl)noc2N)cc1C. The Morgan fingerprint density at radius 2 is 2.00 bits per heavy atom. The van der Waals surface area contributed by atoms with Crippen molar-refractivity contribution in [3.05, 3.63) is 45.8 Å². The number of hydrogen-bond donors (Lipinski definition) is 1. The lowest BCUT2D eigenvalue weighted by Gasteiger charge is -2.05. The van der Waals surface area contributed by atoms with Gasteiger partial charge in [-0.3, -0.25) is 0 Å². The average Bonchev–Trinajstić information content (AvgIpc) is 2.99. The highest BCUT2D eigenvalue weighted by molar-refractivity contribution is 7.14. The summed E-state index contributed by atoms with van der Waals surface area (Å²) in [6.45, 7) is 4.15. The lowest BCUT2D eigenvalue weighted by atomic mass is 10.00. The lowest BCUT2D eigenvalue weighted by Crippen LogP contribution is -1.89. The number of aryl methyl sites for hydroxylation is 2. The summed E-state index contributed by atoms with van der Waals surface area (Å²) in [4.78, 5) is 0.875. The molecule has 0 bridgehead atoms. The van der Waals surface area contributed by atoms with Crippen LogP contribution in [-0.4, -0.2) is 5.16 Å². The Morgan fingerprint density at radius 1 is 1.20 bits per heavy atom. The number of rotatable bonds is 2. The Hall–Kier alpha value is -1.78. The van der Waals surface area contributed by atoms with Gasteiger partial charge in [0.15, 0.2) is 0 Å². The predicted octanol–water partition coefficient (Wildman–Crippen LogP) is 4.92. The van der Waals surface area contributed by atoms with Crippen LogP contribution in [0.4, 0.5) is 5.88 Å². The molecule has 20 heavy (non-hydrogen) atoms. The summed E-state index contributed by atoms with van der Waals surface area (Å²) in [5.74, 6) is 0.313. The quantitative estimate of drug-likeness (QED) is 0.731. The molecule has 2 heterocycles. The second-order valence-electron chi connectivity index (χ2n) is 4.67. The zero-order valence-electron chi connectivity index (χ0n) is 11.1. The standard InChI is InChI=1S/C15H13ClN2OS/c1-8-3-4-10(7-9(8)2)12-13(18-19-15(12)17)14-11(16)5-6-20-14/h3-7H,17H2,1-2H3. The number of aromatic nitrogens is 1. The van der Waals surface area contributed by atoms with Crippen LogP contribution in [-0.2, 0) is 0 Å². The molecule has 0 aliphatic heterocycles. The van der Waals surface area contributed by atoms with Gasteiger partial charge in [0.1, 0.15) is 5.69 Å². The van der Waals surface area contributed by atoms with Crippen LogP contribution >= 0.6 is 22.9 Å². The van der Waals surface area contributed by atoms with Gasteiger partial charge in [0, 0.05) is 0 Å². The van der Waals surface area contributed by atoms with Gasteiger partial charge < -0.3 is 10.3 Å². The number of halogens is 1. The van der Waals surface area contributed by atoms with Gasteiger partial charge in [-0.2, -0.15) is 0 Å². The molecule has 3 nitrogen and oxygen atoms in total. The molecule has 3 rings (SSSR count). The van der Waals surface area contributed by atoms with Crippen molar-refractivity contribution in [3.8, 4) is 21.7 Å². The van der Waals surface area contributed by atoms with E-state index in [1.165, 1.54) is 22.5 Å². The van der Waals surface area contributed by atoms with Crippen molar-refractivity contribution in [1.82, 2.24) is 5.16 Å². The van der Waals surface area contributed by atoms with Crippen molar-refractivity contribution in [1.29, 1.82) is 0 Å². The van der Waals surface area contributed by atoms with Gasteiger partial charge in [-0.15, -0.1) is 11.3 Å². The fraction of sp³-hybridized carbons (Fsp3) is 0.133. The second kappa shape index (κ2) is 4.96. The highest BCUT2D eigenvalue weighted by Gasteiger charge is 2.20. The van der Waals surface area contributed by atoms with Gasteiger partial charge in [0.05, 0.1) is 15.5 Å². The number of nitrogens with zero attached hydrogens (tertiary/aromatic N) is 1. The summed E-state index contributed by atoms with van der Waals surface area (Å²) in [5, 5.41) is 6.66. The van der Waals surface area contributed by atoms with Crippen molar-refractivity contribution in [3.63, 3.8) is 0 Å². The Labute approximate surface area is 126 Å². The van der Waals surface area contributed by atoms with Crippen molar-refractivity contribution in [2.24, 2.45) is 0 Å². The number of thiophene rings is 1. The van der Waals surface area contributed by atoms with Crippen molar-refractivity contribution < 1.29 is 4.52 Å². The Morgan fingerprint density at radius 3 is 2.65 bits per heavy atom. The third-order valence-electron chi connectivity index (χ3n) is 3.35. The molecule has 1 aromatic carbocycles. The summed E-state index contributed by atoms with van der Waals surface area (Å²) >= 11 is 7.71. The van der Waals surface area contributed by atoms with Crippen LogP contribution in [0.3, 0.4) is 0 Å². The maximum absolute atomic E-state index is 6.19. The van der Waals surface area contributed by atoms with Crippen LogP contribution < -0.4 is 5.73 Å². The van der Waals surface area contributed by atoms with E-state index in [-0.39, 0.29) is 0 Å².